The highest BCUT2D eigenvalue weighted by Gasteiger charge is 2.52. The fourth-order valence-electron chi connectivity index (χ4n) is 8.11. The molecule has 0 amide bonds. The zero-order valence-corrected chi connectivity index (χ0v) is 24.7. The van der Waals surface area contributed by atoms with E-state index in [0.29, 0.717) is 0 Å². The lowest BCUT2D eigenvalue weighted by atomic mass is 9.70. The standard InChI is InChI=1S/C43H26S/c1-3-11-27(12-4-1)29-19-21-31-32-22-20-30(28-13-5-2-6-14-28)26-38(32)43(37(31)25-29)35-17-9-7-15-33(35)41-36(43)23-24-40-42(41)34-16-8-10-18-39(34)44-40/h1-26H. The first kappa shape index (κ1) is 24.2. The molecule has 0 N–H and O–H groups in total. The average Bonchev–Trinajstić information content (AvgIpc) is 3.72. The highest BCUT2D eigenvalue weighted by Crippen LogP contribution is 2.65. The Balaban J connectivity index is 1.38. The van der Waals surface area contributed by atoms with E-state index < -0.39 is 5.41 Å². The largest absolute Gasteiger partial charge is 0.135 e. The summed E-state index contributed by atoms with van der Waals surface area (Å²) in [5, 5.41) is 2.74. The lowest BCUT2D eigenvalue weighted by molar-refractivity contribution is 0.795. The van der Waals surface area contributed by atoms with Gasteiger partial charge in [-0.3, -0.25) is 0 Å². The SMILES string of the molecule is c1ccc(-c2ccc3c(c2)C2(c4cc(-c5ccccc5)ccc4-3)c3ccccc3-c3c2ccc2sc4ccccc4c32)cc1. The second-order valence-electron chi connectivity index (χ2n) is 12.0. The Bertz CT molecular complexity index is 2340. The molecule has 0 atom stereocenters. The summed E-state index contributed by atoms with van der Waals surface area (Å²) >= 11 is 1.90. The topological polar surface area (TPSA) is 0 Å². The summed E-state index contributed by atoms with van der Waals surface area (Å²) in [5.74, 6) is 0. The van der Waals surface area contributed by atoms with Gasteiger partial charge in [0.15, 0.2) is 0 Å². The molecule has 2 aliphatic rings. The Labute approximate surface area is 260 Å². The summed E-state index contributed by atoms with van der Waals surface area (Å²) in [4.78, 5) is 0. The predicted molar refractivity (Wildman–Crippen MR) is 187 cm³/mol. The van der Waals surface area contributed by atoms with E-state index in [1.165, 1.54) is 86.9 Å². The van der Waals surface area contributed by atoms with Crippen LogP contribution in [0, 0.1) is 0 Å². The number of fused-ring (bicyclic) bond motifs is 14. The number of rotatable bonds is 2. The van der Waals surface area contributed by atoms with E-state index in [1.54, 1.807) is 0 Å². The quantitative estimate of drug-likeness (QED) is 0.193. The fourth-order valence-corrected chi connectivity index (χ4v) is 9.22. The first-order valence-corrected chi connectivity index (χ1v) is 16.1. The molecule has 8 aromatic rings. The molecule has 44 heavy (non-hydrogen) atoms. The average molecular weight is 575 g/mol. The van der Waals surface area contributed by atoms with E-state index in [2.05, 4.69) is 158 Å². The van der Waals surface area contributed by atoms with Gasteiger partial charge in [-0.15, -0.1) is 11.3 Å². The maximum absolute atomic E-state index is 2.48. The van der Waals surface area contributed by atoms with Gasteiger partial charge in [-0.05, 0) is 91.0 Å². The molecule has 0 saturated heterocycles. The van der Waals surface area contributed by atoms with Crippen molar-refractivity contribution in [3.05, 3.63) is 180 Å². The van der Waals surface area contributed by atoms with Crippen LogP contribution in [-0.4, -0.2) is 0 Å². The Morgan fingerprint density at radius 3 is 1.64 bits per heavy atom. The van der Waals surface area contributed by atoms with Crippen molar-refractivity contribution in [3.63, 3.8) is 0 Å². The molecule has 1 aromatic heterocycles. The van der Waals surface area contributed by atoms with E-state index in [-0.39, 0.29) is 0 Å². The van der Waals surface area contributed by atoms with Crippen molar-refractivity contribution >= 4 is 31.5 Å². The summed E-state index contributed by atoms with van der Waals surface area (Å²) in [7, 11) is 0. The van der Waals surface area contributed by atoms with Gasteiger partial charge in [-0.1, -0.05) is 133 Å². The lowest BCUT2D eigenvalue weighted by Gasteiger charge is -2.31. The number of thiophene rings is 1. The molecule has 1 heterocycles. The second kappa shape index (κ2) is 8.89. The molecule has 7 aromatic carbocycles. The van der Waals surface area contributed by atoms with Crippen LogP contribution in [0.4, 0.5) is 0 Å². The summed E-state index contributed by atoms with van der Waals surface area (Å²) < 4.78 is 2.70. The van der Waals surface area contributed by atoms with Gasteiger partial charge in [-0.2, -0.15) is 0 Å². The first-order valence-electron chi connectivity index (χ1n) is 15.3. The minimum Gasteiger partial charge on any atom is -0.135 e. The molecule has 0 aliphatic heterocycles. The fraction of sp³-hybridized carbons (Fsp3) is 0.0233. The zero-order chi connectivity index (χ0) is 28.8. The van der Waals surface area contributed by atoms with Gasteiger partial charge in [0, 0.05) is 20.2 Å². The van der Waals surface area contributed by atoms with Crippen LogP contribution in [0.25, 0.3) is 64.7 Å². The zero-order valence-electron chi connectivity index (χ0n) is 23.9. The maximum atomic E-state index is 2.48. The molecule has 0 nitrogen and oxygen atoms in total. The van der Waals surface area contributed by atoms with Crippen molar-refractivity contribution in [1.29, 1.82) is 0 Å². The van der Waals surface area contributed by atoms with Crippen molar-refractivity contribution in [2.24, 2.45) is 0 Å². The van der Waals surface area contributed by atoms with Crippen molar-refractivity contribution in [2.45, 2.75) is 5.41 Å². The highest BCUT2D eigenvalue weighted by atomic mass is 32.1. The molecule has 204 valence electrons. The van der Waals surface area contributed by atoms with E-state index >= 15 is 0 Å². The van der Waals surface area contributed by atoms with Crippen LogP contribution >= 0.6 is 11.3 Å². The number of benzene rings is 7. The van der Waals surface area contributed by atoms with Gasteiger partial charge < -0.3 is 0 Å². The molecular formula is C43H26S. The first-order chi connectivity index (χ1) is 21.8. The Hall–Kier alpha value is -5.24. The Kier molecular flexibility index (Phi) is 4.90. The Morgan fingerprint density at radius 1 is 0.364 bits per heavy atom. The van der Waals surface area contributed by atoms with Gasteiger partial charge in [0.05, 0.1) is 5.41 Å². The highest BCUT2D eigenvalue weighted by molar-refractivity contribution is 7.26. The maximum Gasteiger partial charge on any atom is 0.0726 e. The van der Waals surface area contributed by atoms with Crippen LogP contribution in [0.2, 0.25) is 0 Å². The van der Waals surface area contributed by atoms with Gasteiger partial charge in [-0.25, -0.2) is 0 Å². The van der Waals surface area contributed by atoms with Crippen LogP contribution in [0.1, 0.15) is 22.3 Å². The van der Waals surface area contributed by atoms with Gasteiger partial charge >= 0.3 is 0 Å². The molecule has 1 heteroatoms. The van der Waals surface area contributed by atoms with Crippen molar-refractivity contribution in [1.82, 2.24) is 0 Å². The van der Waals surface area contributed by atoms with Crippen molar-refractivity contribution < 1.29 is 0 Å². The molecule has 0 radical (unpaired) electrons. The van der Waals surface area contributed by atoms with Gasteiger partial charge in [0.2, 0.25) is 0 Å². The second-order valence-corrected chi connectivity index (χ2v) is 13.1. The summed E-state index contributed by atoms with van der Waals surface area (Å²) in [5.41, 5.74) is 15.5. The third kappa shape index (κ3) is 3.07. The van der Waals surface area contributed by atoms with Crippen LogP contribution in [0.3, 0.4) is 0 Å². The lowest BCUT2D eigenvalue weighted by Crippen LogP contribution is -2.26. The van der Waals surface area contributed by atoms with Crippen molar-refractivity contribution in [3.8, 4) is 44.5 Å². The molecule has 1 spiro atoms. The molecule has 0 fully saturated rings. The van der Waals surface area contributed by atoms with E-state index in [9.17, 15) is 0 Å². The van der Waals surface area contributed by atoms with E-state index in [4.69, 9.17) is 0 Å². The Morgan fingerprint density at radius 2 is 0.955 bits per heavy atom. The summed E-state index contributed by atoms with van der Waals surface area (Å²) in [6.07, 6.45) is 0. The summed E-state index contributed by atoms with van der Waals surface area (Å²) in [6.45, 7) is 0. The smallest absolute Gasteiger partial charge is 0.0726 e. The molecular weight excluding hydrogens is 549 g/mol. The molecule has 10 rings (SSSR count). The van der Waals surface area contributed by atoms with Crippen LogP contribution in [0.15, 0.2) is 158 Å². The molecule has 0 saturated carbocycles. The number of hydrogen-bond donors (Lipinski definition) is 0. The molecule has 2 aliphatic carbocycles. The summed E-state index contributed by atoms with van der Waals surface area (Å²) in [6, 6.07) is 58.9. The normalized spacial score (nSPS) is 13.6. The third-order valence-corrected chi connectivity index (χ3v) is 11.0. The minimum atomic E-state index is -0.413. The van der Waals surface area contributed by atoms with Crippen LogP contribution < -0.4 is 0 Å². The third-order valence-electron chi connectivity index (χ3n) is 9.90. The van der Waals surface area contributed by atoms with Crippen LogP contribution in [-0.2, 0) is 5.41 Å². The molecule has 0 unspecified atom stereocenters. The van der Waals surface area contributed by atoms with Crippen molar-refractivity contribution in [2.75, 3.05) is 0 Å². The van der Waals surface area contributed by atoms with E-state index in [0.717, 1.165) is 0 Å². The van der Waals surface area contributed by atoms with Gasteiger partial charge in [0.1, 0.15) is 0 Å². The minimum absolute atomic E-state index is 0.413. The molecule has 0 bridgehead atoms. The monoisotopic (exact) mass is 574 g/mol. The van der Waals surface area contributed by atoms with Gasteiger partial charge in [0.25, 0.3) is 0 Å². The predicted octanol–water partition coefficient (Wildman–Crippen LogP) is 11.7. The number of hydrogen-bond acceptors (Lipinski definition) is 1. The van der Waals surface area contributed by atoms with E-state index in [1.807, 2.05) is 11.3 Å². The van der Waals surface area contributed by atoms with Crippen LogP contribution in [0.5, 0.6) is 0 Å².